The summed E-state index contributed by atoms with van der Waals surface area (Å²) in [7, 11) is 1.56. The predicted octanol–water partition coefficient (Wildman–Crippen LogP) is 4.31. The molecule has 3 aromatic carbocycles. The number of halogens is 2. The summed E-state index contributed by atoms with van der Waals surface area (Å²) in [5, 5.41) is 14.5. The van der Waals surface area contributed by atoms with Gasteiger partial charge in [0.1, 0.15) is 11.9 Å². The number of carbonyl (C=O) groups is 2. The number of nitrogens with zero attached hydrogens (tertiary/aromatic N) is 3. The van der Waals surface area contributed by atoms with Gasteiger partial charge in [0.2, 0.25) is 6.17 Å². The maximum Gasteiger partial charge on any atom is 0.321 e. The summed E-state index contributed by atoms with van der Waals surface area (Å²) >= 11 is 5.92. The van der Waals surface area contributed by atoms with Gasteiger partial charge in [-0.3, -0.25) is 4.79 Å². The molecule has 3 amide bonds. The van der Waals surface area contributed by atoms with Crippen molar-refractivity contribution in [3.05, 3.63) is 94.3 Å². The van der Waals surface area contributed by atoms with E-state index in [0.717, 1.165) is 0 Å². The number of carbonyl (C=O) groups excluding carboxylic acids is 2. The number of benzodiazepines with no additional fused rings is 1. The summed E-state index contributed by atoms with van der Waals surface area (Å²) < 4.78 is 14.7. The number of likely N-dealkylation sites (N-methyl/N-ethyl adjacent to an activating group) is 1. The van der Waals surface area contributed by atoms with Gasteiger partial charge in [-0.1, -0.05) is 41.9 Å². The second-order valence-electron chi connectivity index (χ2n) is 7.18. The van der Waals surface area contributed by atoms with Gasteiger partial charge in [0.05, 0.1) is 22.0 Å². The van der Waals surface area contributed by atoms with Gasteiger partial charge >= 0.3 is 6.03 Å². The summed E-state index contributed by atoms with van der Waals surface area (Å²) in [5.41, 5.74) is 2.03. The lowest BCUT2D eigenvalue weighted by atomic mass is 10.00. The highest BCUT2D eigenvalue weighted by atomic mass is 35.5. The lowest BCUT2D eigenvalue weighted by Crippen LogP contribution is -2.47. The number of nitrogens with one attached hydrogen (secondary N) is 2. The van der Waals surface area contributed by atoms with Gasteiger partial charge in [-0.2, -0.15) is 5.26 Å². The van der Waals surface area contributed by atoms with Crippen molar-refractivity contribution in [2.45, 2.75) is 6.17 Å². The second kappa shape index (κ2) is 9.10. The maximum atomic E-state index is 14.7. The highest BCUT2D eigenvalue weighted by molar-refractivity contribution is 6.31. The molecule has 0 radical (unpaired) electrons. The van der Waals surface area contributed by atoms with E-state index in [1.54, 1.807) is 49.5 Å². The molecule has 1 unspecified atom stereocenters. The molecular weight excluding hydrogens is 445 g/mol. The van der Waals surface area contributed by atoms with Crippen molar-refractivity contribution in [2.75, 3.05) is 17.3 Å². The number of para-hydroxylation sites is 1. The van der Waals surface area contributed by atoms with Crippen LogP contribution in [-0.4, -0.2) is 30.9 Å². The Balaban J connectivity index is 1.70. The number of hydrogen-bond donors (Lipinski definition) is 2. The quantitative estimate of drug-likeness (QED) is 0.608. The van der Waals surface area contributed by atoms with Crippen LogP contribution in [0.25, 0.3) is 0 Å². The smallest absolute Gasteiger partial charge is 0.311 e. The van der Waals surface area contributed by atoms with Gasteiger partial charge in [0.15, 0.2) is 0 Å². The van der Waals surface area contributed by atoms with Crippen molar-refractivity contribution >= 4 is 40.6 Å². The molecule has 0 bridgehead atoms. The lowest BCUT2D eigenvalue weighted by Gasteiger charge is -2.21. The molecule has 33 heavy (non-hydrogen) atoms. The van der Waals surface area contributed by atoms with Crippen molar-refractivity contribution in [3.63, 3.8) is 0 Å². The Morgan fingerprint density at radius 2 is 1.82 bits per heavy atom. The number of aliphatic imine (C=N–C) groups is 1. The average molecular weight is 462 g/mol. The van der Waals surface area contributed by atoms with E-state index >= 15 is 0 Å². The molecule has 0 spiro atoms. The number of anilines is 2. The van der Waals surface area contributed by atoms with E-state index in [1.807, 2.05) is 6.07 Å². The van der Waals surface area contributed by atoms with Crippen LogP contribution in [0, 0.1) is 17.1 Å². The molecule has 0 saturated heterocycles. The molecule has 7 nitrogen and oxygen atoms in total. The first-order valence-electron chi connectivity index (χ1n) is 9.86. The van der Waals surface area contributed by atoms with Gasteiger partial charge in [0, 0.05) is 23.9 Å². The summed E-state index contributed by atoms with van der Waals surface area (Å²) in [5.74, 6) is -1.01. The lowest BCUT2D eigenvalue weighted by molar-refractivity contribution is -0.119. The molecule has 1 heterocycles. The van der Waals surface area contributed by atoms with Crippen molar-refractivity contribution in [1.29, 1.82) is 5.26 Å². The first kappa shape index (κ1) is 22.0. The van der Waals surface area contributed by atoms with E-state index < -0.39 is 23.9 Å². The monoisotopic (exact) mass is 461 g/mol. The van der Waals surface area contributed by atoms with Crippen molar-refractivity contribution in [2.24, 2.45) is 4.99 Å². The highest BCUT2D eigenvalue weighted by Gasteiger charge is 2.31. The summed E-state index contributed by atoms with van der Waals surface area (Å²) in [6.07, 6.45) is -1.32. The zero-order valence-corrected chi connectivity index (χ0v) is 18.1. The van der Waals surface area contributed by atoms with E-state index in [1.165, 1.54) is 29.2 Å². The van der Waals surface area contributed by atoms with Gasteiger partial charge in [-0.25, -0.2) is 14.2 Å². The molecule has 1 atom stereocenters. The molecule has 0 aromatic heterocycles. The third-order valence-corrected chi connectivity index (χ3v) is 5.41. The number of hydrogen-bond acceptors (Lipinski definition) is 4. The molecule has 3 aromatic rings. The van der Waals surface area contributed by atoms with Gasteiger partial charge in [-0.05, 0) is 36.4 Å². The topological polar surface area (TPSA) is 97.6 Å². The Morgan fingerprint density at radius 3 is 2.55 bits per heavy atom. The molecule has 1 aliphatic heterocycles. The Morgan fingerprint density at radius 1 is 1.12 bits per heavy atom. The van der Waals surface area contributed by atoms with Crippen molar-refractivity contribution in [1.82, 2.24) is 5.32 Å². The molecule has 0 aliphatic carbocycles. The average Bonchev–Trinajstić information content (AvgIpc) is 2.91. The Kier molecular flexibility index (Phi) is 6.07. The molecular formula is C24H17ClFN5O2. The fourth-order valence-corrected chi connectivity index (χ4v) is 3.62. The SMILES string of the molecule is CN1C(=O)C(NC(=O)Nc2ccc(Cl)c(C#N)c2)N=C(c2ccccc2F)c2ccccc21. The Labute approximate surface area is 194 Å². The Bertz CT molecular complexity index is 1330. The number of urea groups is 1. The summed E-state index contributed by atoms with van der Waals surface area (Å²) in [4.78, 5) is 31.6. The molecule has 1 aliphatic rings. The zero-order valence-electron chi connectivity index (χ0n) is 17.3. The number of amides is 3. The first-order chi connectivity index (χ1) is 15.9. The minimum absolute atomic E-state index is 0.190. The van der Waals surface area contributed by atoms with Gasteiger partial charge in [0.25, 0.3) is 5.91 Å². The standard InChI is InChI=1S/C24H17ClFN5O2/c1-31-20-9-5-3-7-17(20)21(16-6-2-4-8-19(16)26)29-22(23(31)32)30-24(33)28-15-10-11-18(25)14(12-15)13-27/h2-12,22H,1H3,(H2,28,30,33). The summed E-state index contributed by atoms with van der Waals surface area (Å²) in [6, 6.07) is 18.7. The fourth-order valence-electron chi connectivity index (χ4n) is 3.46. The third kappa shape index (κ3) is 4.40. The van der Waals surface area contributed by atoms with Crippen LogP contribution >= 0.6 is 11.6 Å². The van der Waals surface area contributed by atoms with E-state index in [9.17, 15) is 14.0 Å². The highest BCUT2D eigenvalue weighted by Crippen LogP contribution is 2.28. The molecule has 0 fully saturated rings. The predicted molar refractivity (Wildman–Crippen MR) is 124 cm³/mol. The second-order valence-corrected chi connectivity index (χ2v) is 7.59. The van der Waals surface area contributed by atoms with E-state index in [-0.39, 0.29) is 21.9 Å². The number of benzene rings is 3. The van der Waals surface area contributed by atoms with E-state index in [2.05, 4.69) is 15.6 Å². The van der Waals surface area contributed by atoms with Crippen LogP contribution in [0.1, 0.15) is 16.7 Å². The Hall–Kier alpha value is -4.22. The molecule has 0 saturated carbocycles. The minimum Gasteiger partial charge on any atom is -0.311 e. The van der Waals surface area contributed by atoms with Crippen LogP contribution in [-0.2, 0) is 4.79 Å². The van der Waals surface area contributed by atoms with Crippen LogP contribution in [0.15, 0.2) is 71.7 Å². The largest absolute Gasteiger partial charge is 0.321 e. The van der Waals surface area contributed by atoms with Crippen LogP contribution in [0.2, 0.25) is 5.02 Å². The first-order valence-corrected chi connectivity index (χ1v) is 10.2. The van der Waals surface area contributed by atoms with Crippen LogP contribution < -0.4 is 15.5 Å². The van der Waals surface area contributed by atoms with E-state index in [0.29, 0.717) is 16.9 Å². The number of rotatable bonds is 3. The van der Waals surface area contributed by atoms with E-state index in [4.69, 9.17) is 16.9 Å². The van der Waals surface area contributed by atoms with Gasteiger partial charge < -0.3 is 15.5 Å². The van der Waals surface area contributed by atoms with Crippen LogP contribution in [0.4, 0.5) is 20.6 Å². The zero-order chi connectivity index (χ0) is 23.5. The van der Waals surface area contributed by atoms with Crippen molar-refractivity contribution in [3.8, 4) is 6.07 Å². The molecule has 2 N–H and O–H groups in total. The molecule has 164 valence electrons. The van der Waals surface area contributed by atoms with Crippen LogP contribution in [0.3, 0.4) is 0 Å². The van der Waals surface area contributed by atoms with Gasteiger partial charge in [-0.15, -0.1) is 0 Å². The number of nitriles is 1. The summed E-state index contributed by atoms with van der Waals surface area (Å²) in [6.45, 7) is 0. The number of fused-ring (bicyclic) bond motifs is 1. The fraction of sp³-hybridized carbons (Fsp3) is 0.0833. The molecule has 4 rings (SSSR count). The molecule has 9 heteroatoms. The third-order valence-electron chi connectivity index (χ3n) is 5.08. The van der Waals surface area contributed by atoms with Crippen LogP contribution in [0.5, 0.6) is 0 Å². The maximum absolute atomic E-state index is 14.7. The minimum atomic E-state index is -1.32. The van der Waals surface area contributed by atoms with Crippen molar-refractivity contribution < 1.29 is 14.0 Å². The normalized spacial score (nSPS) is 15.1.